The number of aliphatic hydroxyl groups is 1. The summed E-state index contributed by atoms with van der Waals surface area (Å²) in [6.45, 7) is 3.95. The van der Waals surface area contributed by atoms with Crippen molar-refractivity contribution < 1.29 is 14.2 Å². The van der Waals surface area contributed by atoms with Gasteiger partial charge in [-0.1, -0.05) is 35.9 Å². The van der Waals surface area contributed by atoms with Crippen molar-refractivity contribution in [2.75, 3.05) is 33.4 Å². The van der Waals surface area contributed by atoms with Gasteiger partial charge in [0.05, 0.1) is 7.11 Å². The van der Waals surface area contributed by atoms with Gasteiger partial charge in [-0.2, -0.15) is 0 Å². The summed E-state index contributed by atoms with van der Waals surface area (Å²) in [5.41, 5.74) is 1.76. The highest BCUT2D eigenvalue weighted by Crippen LogP contribution is 2.23. The van der Waals surface area contributed by atoms with Crippen LogP contribution in [0.5, 0.6) is 5.75 Å². The van der Waals surface area contributed by atoms with Crippen LogP contribution >= 0.6 is 11.6 Å². The number of aliphatic hydroxyl groups excluding tert-OH is 1. The zero-order chi connectivity index (χ0) is 19.2. The number of methoxy groups -OCH3 is 1. The molecule has 0 bridgehead atoms. The van der Waals surface area contributed by atoms with Gasteiger partial charge in [-0.3, -0.25) is 9.80 Å². The van der Waals surface area contributed by atoms with Gasteiger partial charge < -0.3 is 9.84 Å². The quantitative estimate of drug-likeness (QED) is 0.781. The molecule has 1 saturated heterocycles. The average molecular weight is 393 g/mol. The Kier molecular flexibility index (Phi) is 7.07. The smallest absolute Gasteiger partial charge is 0.131 e. The number of rotatable bonds is 7. The SMILES string of the molecule is COc1ccc(CN2CCN(Cc3ccccc3Cl)C[C@H]2CCO)c(F)c1. The van der Waals surface area contributed by atoms with Crippen LogP contribution in [-0.2, 0) is 13.1 Å². The Morgan fingerprint density at radius 1 is 1.15 bits per heavy atom. The van der Waals surface area contributed by atoms with Crippen molar-refractivity contribution in [1.82, 2.24) is 9.80 Å². The molecular weight excluding hydrogens is 367 g/mol. The van der Waals surface area contributed by atoms with Crippen molar-refractivity contribution in [2.45, 2.75) is 25.6 Å². The molecule has 1 heterocycles. The van der Waals surface area contributed by atoms with E-state index < -0.39 is 0 Å². The van der Waals surface area contributed by atoms with Crippen LogP contribution in [-0.4, -0.2) is 54.3 Å². The van der Waals surface area contributed by atoms with Gasteiger partial charge in [0.15, 0.2) is 0 Å². The van der Waals surface area contributed by atoms with E-state index in [0.717, 1.165) is 36.8 Å². The Morgan fingerprint density at radius 3 is 2.67 bits per heavy atom. The number of nitrogens with zero attached hydrogens (tertiary/aromatic N) is 2. The molecule has 27 heavy (non-hydrogen) atoms. The van der Waals surface area contributed by atoms with Crippen LogP contribution in [0.15, 0.2) is 42.5 Å². The minimum Gasteiger partial charge on any atom is -0.497 e. The molecule has 0 amide bonds. The zero-order valence-electron chi connectivity index (χ0n) is 15.6. The third-order valence-corrected chi connectivity index (χ3v) is 5.51. The first-order valence-electron chi connectivity index (χ1n) is 9.23. The maximum Gasteiger partial charge on any atom is 0.131 e. The first-order chi connectivity index (χ1) is 13.1. The molecule has 0 radical (unpaired) electrons. The monoisotopic (exact) mass is 392 g/mol. The number of piperazine rings is 1. The Bertz CT molecular complexity index is 759. The summed E-state index contributed by atoms with van der Waals surface area (Å²) in [4.78, 5) is 4.60. The molecule has 0 aliphatic carbocycles. The second kappa shape index (κ2) is 9.51. The van der Waals surface area contributed by atoms with E-state index in [4.69, 9.17) is 16.3 Å². The van der Waals surface area contributed by atoms with Crippen LogP contribution in [0.2, 0.25) is 5.02 Å². The minimum absolute atomic E-state index is 0.117. The van der Waals surface area contributed by atoms with Gasteiger partial charge in [-0.15, -0.1) is 0 Å². The lowest BCUT2D eigenvalue weighted by Crippen LogP contribution is -2.52. The van der Waals surface area contributed by atoms with Crippen molar-refractivity contribution >= 4 is 11.6 Å². The van der Waals surface area contributed by atoms with Crippen molar-refractivity contribution in [3.8, 4) is 5.75 Å². The Morgan fingerprint density at radius 2 is 1.96 bits per heavy atom. The molecule has 2 aromatic rings. The van der Waals surface area contributed by atoms with Gasteiger partial charge in [0.1, 0.15) is 11.6 Å². The fraction of sp³-hybridized carbons (Fsp3) is 0.429. The van der Waals surface area contributed by atoms with E-state index in [9.17, 15) is 9.50 Å². The molecule has 1 fully saturated rings. The Labute approximate surface area is 165 Å². The normalized spacial score (nSPS) is 18.6. The summed E-state index contributed by atoms with van der Waals surface area (Å²) < 4.78 is 19.4. The first kappa shape index (κ1) is 20.1. The van der Waals surface area contributed by atoms with Crippen LogP contribution in [0.25, 0.3) is 0 Å². The van der Waals surface area contributed by atoms with Crippen LogP contribution < -0.4 is 4.74 Å². The molecule has 1 aliphatic rings. The van der Waals surface area contributed by atoms with Gasteiger partial charge in [-0.05, 0) is 24.1 Å². The van der Waals surface area contributed by atoms with Crippen molar-refractivity contribution in [3.63, 3.8) is 0 Å². The highest BCUT2D eigenvalue weighted by atomic mass is 35.5. The van der Waals surface area contributed by atoms with E-state index in [0.29, 0.717) is 24.3 Å². The van der Waals surface area contributed by atoms with E-state index in [1.165, 1.54) is 13.2 Å². The van der Waals surface area contributed by atoms with Crippen molar-refractivity contribution in [2.24, 2.45) is 0 Å². The lowest BCUT2D eigenvalue weighted by atomic mass is 10.1. The predicted molar refractivity (Wildman–Crippen MR) is 106 cm³/mol. The molecule has 0 aromatic heterocycles. The second-order valence-corrected chi connectivity index (χ2v) is 7.33. The number of hydrogen-bond donors (Lipinski definition) is 1. The summed E-state index contributed by atoms with van der Waals surface area (Å²) in [5.74, 6) is 0.267. The molecule has 0 spiro atoms. The lowest BCUT2D eigenvalue weighted by molar-refractivity contribution is 0.0493. The molecule has 146 valence electrons. The number of ether oxygens (including phenoxy) is 1. The van der Waals surface area contributed by atoms with Crippen molar-refractivity contribution in [3.05, 3.63) is 64.4 Å². The van der Waals surface area contributed by atoms with Crippen LogP contribution in [0.4, 0.5) is 4.39 Å². The Hall–Kier alpha value is -1.66. The highest BCUT2D eigenvalue weighted by Gasteiger charge is 2.27. The highest BCUT2D eigenvalue weighted by molar-refractivity contribution is 6.31. The van der Waals surface area contributed by atoms with E-state index >= 15 is 0 Å². The van der Waals surface area contributed by atoms with E-state index in [1.54, 1.807) is 12.1 Å². The van der Waals surface area contributed by atoms with Gasteiger partial charge >= 0.3 is 0 Å². The molecule has 3 rings (SSSR count). The third-order valence-electron chi connectivity index (χ3n) is 5.14. The molecule has 0 unspecified atom stereocenters. The average Bonchev–Trinajstić information content (AvgIpc) is 2.67. The Balaban J connectivity index is 1.66. The van der Waals surface area contributed by atoms with E-state index in [2.05, 4.69) is 9.80 Å². The third kappa shape index (κ3) is 5.20. The first-order valence-corrected chi connectivity index (χ1v) is 9.61. The maximum atomic E-state index is 14.3. The van der Waals surface area contributed by atoms with Gasteiger partial charge in [0.2, 0.25) is 0 Å². The van der Waals surface area contributed by atoms with Crippen LogP contribution in [0.1, 0.15) is 17.5 Å². The predicted octanol–water partition coefficient (Wildman–Crippen LogP) is 3.56. The minimum atomic E-state index is -0.254. The largest absolute Gasteiger partial charge is 0.497 e. The molecule has 2 aromatic carbocycles. The van der Waals surface area contributed by atoms with Crippen LogP contribution in [0, 0.1) is 5.82 Å². The number of benzene rings is 2. The molecule has 1 N–H and O–H groups in total. The van der Waals surface area contributed by atoms with Crippen LogP contribution in [0.3, 0.4) is 0 Å². The van der Waals surface area contributed by atoms with Gasteiger partial charge in [-0.25, -0.2) is 4.39 Å². The summed E-state index contributed by atoms with van der Waals surface area (Å²) in [7, 11) is 1.53. The van der Waals surface area contributed by atoms with E-state index in [-0.39, 0.29) is 18.5 Å². The number of hydrogen-bond acceptors (Lipinski definition) is 4. The molecule has 0 saturated carbocycles. The second-order valence-electron chi connectivity index (χ2n) is 6.92. The molecular formula is C21H26ClFN2O2. The lowest BCUT2D eigenvalue weighted by Gasteiger charge is -2.41. The standard InChI is InChI=1S/C21H26ClFN2O2/c1-27-19-7-6-17(21(23)12-19)14-25-10-9-24(15-18(25)8-11-26)13-16-4-2-3-5-20(16)22/h2-7,12,18,26H,8-11,13-15H2,1H3/t18-/m1/s1. The molecule has 4 nitrogen and oxygen atoms in total. The van der Waals surface area contributed by atoms with Gasteiger partial charge in [0.25, 0.3) is 0 Å². The fourth-order valence-electron chi connectivity index (χ4n) is 3.60. The van der Waals surface area contributed by atoms with Crippen molar-refractivity contribution in [1.29, 1.82) is 0 Å². The summed E-state index contributed by atoms with van der Waals surface area (Å²) in [6, 6.07) is 13.0. The maximum absolute atomic E-state index is 14.3. The summed E-state index contributed by atoms with van der Waals surface area (Å²) in [6.07, 6.45) is 0.663. The number of halogens is 2. The van der Waals surface area contributed by atoms with E-state index in [1.807, 2.05) is 24.3 Å². The van der Waals surface area contributed by atoms with Gasteiger partial charge in [0, 0.05) is 62.0 Å². The summed E-state index contributed by atoms with van der Waals surface area (Å²) >= 11 is 6.29. The molecule has 1 aliphatic heterocycles. The molecule has 1 atom stereocenters. The topological polar surface area (TPSA) is 35.9 Å². The fourth-order valence-corrected chi connectivity index (χ4v) is 3.80. The summed E-state index contributed by atoms with van der Waals surface area (Å²) in [5, 5.41) is 10.3. The molecule has 6 heteroatoms. The zero-order valence-corrected chi connectivity index (χ0v) is 16.3.